The second-order valence-corrected chi connectivity index (χ2v) is 4.55. The van der Waals surface area contributed by atoms with Gasteiger partial charge < -0.3 is 15.4 Å². The summed E-state index contributed by atoms with van der Waals surface area (Å²) in [7, 11) is 3.00. The molecule has 3 unspecified atom stereocenters. The minimum atomic E-state index is -0.505. The topological polar surface area (TPSA) is 72.6 Å². The van der Waals surface area contributed by atoms with Crippen LogP contribution in [0.5, 0.6) is 0 Å². The quantitative estimate of drug-likeness (QED) is 0.695. The maximum Gasteiger partial charge on any atom is 0.310 e. The smallest absolute Gasteiger partial charge is 0.310 e. The van der Waals surface area contributed by atoms with E-state index >= 15 is 0 Å². The van der Waals surface area contributed by atoms with Gasteiger partial charge in [0, 0.05) is 13.6 Å². The van der Waals surface area contributed by atoms with E-state index in [0.717, 1.165) is 6.42 Å². The van der Waals surface area contributed by atoms with Crippen LogP contribution in [0.3, 0.4) is 0 Å². The van der Waals surface area contributed by atoms with Crippen LogP contribution >= 0.6 is 0 Å². The number of carbonyl (C=O) groups is 2. The molecule has 5 nitrogen and oxygen atoms in total. The van der Waals surface area contributed by atoms with Gasteiger partial charge in [0.2, 0.25) is 5.91 Å². The predicted octanol–water partition coefficient (Wildman–Crippen LogP) is 0.627. The van der Waals surface area contributed by atoms with E-state index in [1.807, 2.05) is 13.8 Å². The Bertz CT molecular complexity index is 268. The van der Waals surface area contributed by atoms with E-state index in [-0.39, 0.29) is 23.7 Å². The zero-order valence-corrected chi connectivity index (χ0v) is 11.4. The number of likely N-dealkylation sites (N-methyl/N-ethyl adjacent to an activating group) is 1. The number of rotatable bonds is 6. The third-order valence-electron chi connectivity index (χ3n) is 3.07. The van der Waals surface area contributed by atoms with Crippen LogP contribution in [0.2, 0.25) is 0 Å². The highest BCUT2D eigenvalue weighted by molar-refractivity contribution is 5.82. The zero-order valence-electron chi connectivity index (χ0n) is 11.4. The Morgan fingerprint density at radius 3 is 2.29 bits per heavy atom. The summed E-state index contributed by atoms with van der Waals surface area (Å²) in [5.74, 6) is -0.645. The molecule has 0 bridgehead atoms. The number of nitrogens with zero attached hydrogens (tertiary/aromatic N) is 1. The summed E-state index contributed by atoms with van der Waals surface area (Å²) in [5.41, 5.74) is 5.85. The van der Waals surface area contributed by atoms with Gasteiger partial charge in [-0.25, -0.2) is 0 Å². The minimum absolute atomic E-state index is 0.130. The van der Waals surface area contributed by atoms with Crippen LogP contribution in [0.1, 0.15) is 27.2 Å². The van der Waals surface area contributed by atoms with Gasteiger partial charge in [-0.3, -0.25) is 9.59 Å². The summed E-state index contributed by atoms with van der Waals surface area (Å²) >= 11 is 0. The van der Waals surface area contributed by atoms with Crippen molar-refractivity contribution in [1.29, 1.82) is 0 Å². The lowest BCUT2D eigenvalue weighted by Crippen LogP contribution is -2.47. The van der Waals surface area contributed by atoms with E-state index in [4.69, 9.17) is 5.73 Å². The van der Waals surface area contributed by atoms with Gasteiger partial charge in [-0.2, -0.15) is 0 Å². The fraction of sp³-hybridized carbons (Fsp3) is 0.833. The Morgan fingerprint density at radius 1 is 1.35 bits per heavy atom. The van der Waals surface area contributed by atoms with E-state index < -0.39 is 6.04 Å². The highest BCUT2D eigenvalue weighted by atomic mass is 16.5. The van der Waals surface area contributed by atoms with Gasteiger partial charge in [0.25, 0.3) is 0 Å². The predicted molar refractivity (Wildman–Crippen MR) is 66.2 cm³/mol. The fourth-order valence-corrected chi connectivity index (χ4v) is 1.53. The molecule has 0 rings (SSSR count). The first-order valence-electron chi connectivity index (χ1n) is 5.93. The Morgan fingerprint density at radius 2 is 1.88 bits per heavy atom. The number of ether oxygens (including phenoxy) is 1. The summed E-state index contributed by atoms with van der Waals surface area (Å²) in [6.07, 6.45) is 0.854. The number of amides is 1. The summed E-state index contributed by atoms with van der Waals surface area (Å²) in [5, 5.41) is 0. The Kier molecular flexibility index (Phi) is 6.80. The van der Waals surface area contributed by atoms with Gasteiger partial charge in [0.05, 0.1) is 19.1 Å². The molecular weight excluding hydrogens is 220 g/mol. The van der Waals surface area contributed by atoms with Crippen molar-refractivity contribution in [3.8, 4) is 0 Å². The molecule has 1 amide bonds. The van der Waals surface area contributed by atoms with E-state index in [1.165, 1.54) is 12.0 Å². The lowest BCUT2D eigenvalue weighted by atomic mass is 9.98. The monoisotopic (exact) mass is 244 g/mol. The van der Waals surface area contributed by atoms with Crippen LogP contribution in [-0.4, -0.2) is 43.5 Å². The molecule has 0 spiro atoms. The summed E-state index contributed by atoms with van der Waals surface area (Å²) in [6, 6.07) is -0.505. The van der Waals surface area contributed by atoms with Crippen molar-refractivity contribution in [2.45, 2.75) is 33.2 Å². The molecule has 0 radical (unpaired) electrons. The molecule has 0 heterocycles. The highest BCUT2D eigenvalue weighted by Gasteiger charge is 2.25. The average Bonchev–Trinajstić information content (AvgIpc) is 2.34. The van der Waals surface area contributed by atoms with Gasteiger partial charge in [0.15, 0.2) is 0 Å². The van der Waals surface area contributed by atoms with Crippen molar-refractivity contribution in [1.82, 2.24) is 4.90 Å². The van der Waals surface area contributed by atoms with Crippen molar-refractivity contribution in [3.63, 3.8) is 0 Å². The molecule has 0 aliphatic heterocycles. The van der Waals surface area contributed by atoms with Crippen LogP contribution in [0.4, 0.5) is 0 Å². The molecule has 17 heavy (non-hydrogen) atoms. The first kappa shape index (κ1) is 15.9. The van der Waals surface area contributed by atoms with Crippen LogP contribution in [0, 0.1) is 11.8 Å². The van der Waals surface area contributed by atoms with Crippen molar-refractivity contribution < 1.29 is 14.3 Å². The molecule has 0 saturated heterocycles. The molecule has 3 atom stereocenters. The minimum Gasteiger partial charge on any atom is -0.469 e. The van der Waals surface area contributed by atoms with Crippen LogP contribution in [-0.2, 0) is 14.3 Å². The lowest BCUT2D eigenvalue weighted by Gasteiger charge is -2.26. The highest BCUT2D eigenvalue weighted by Crippen LogP contribution is 2.09. The molecule has 0 aromatic carbocycles. The van der Waals surface area contributed by atoms with Crippen LogP contribution in [0.25, 0.3) is 0 Å². The number of esters is 1. The molecule has 5 heteroatoms. The van der Waals surface area contributed by atoms with Gasteiger partial charge in [-0.05, 0) is 5.92 Å². The number of hydrogen-bond donors (Lipinski definition) is 1. The van der Waals surface area contributed by atoms with E-state index in [9.17, 15) is 9.59 Å². The van der Waals surface area contributed by atoms with Crippen molar-refractivity contribution in [2.75, 3.05) is 20.7 Å². The van der Waals surface area contributed by atoms with Crippen molar-refractivity contribution in [2.24, 2.45) is 17.6 Å². The molecule has 0 aliphatic rings. The van der Waals surface area contributed by atoms with Gasteiger partial charge in [-0.15, -0.1) is 0 Å². The average molecular weight is 244 g/mol. The molecule has 0 saturated carbocycles. The molecule has 100 valence electrons. The van der Waals surface area contributed by atoms with Gasteiger partial charge in [-0.1, -0.05) is 27.2 Å². The molecular formula is C12H24N2O3. The van der Waals surface area contributed by atoms with E-state index in [0.29, 0.717) is 6.54 Å². The number of nitrogens with two attached hydrogens (primary N) is 1. The third kappa shape index (κ3) is 4.73. The lowest BCUT2D eigenvalue weighted by molar-refractivity contribution is -0.146. The van der Waals surface area contributed by atoms with Crippen molar-refractivity contribution >= 4 is 11.9 Å². The molecule has 2 N–H and O–H groups in total. The summed E-state index contributed by atoms with van der Waals surface area (Å²) < 4.78 is 4.61. The van der Waals surface area contributed by atoms with Gasteiger partial charge >= 0.3 is 5.97 Å². The number of carbonyl (C=O) groups excluding carboxylic acids is 2. The normalized spacial score (nSPS) is 15.9. The maximum atomic E-state index is 11.9. The molecule has 0 aromatic heterocycles. The molecule has 0 aliphatic carbocycles. The molecule has 0 aromatic rings. The first-order chi connectivity index (χ1) is 7.84. The second kappa shape index (κ2) is 7.27. The second-order valence-electron chi connectivity index (χ2n) is 4.55. The van der Waals surface area contributed by atoms with Crippen molar-refractivity contribution in [3.05, 3.63) is 0 Å². The van der Waals surface area contributed by atoms with Crippen LogP contribution < -0.4 is 5.73 Å². The summed E-state index contributed by atoms with van der Waals surface area (Å²) in [6.45, 7) is 6.00. The SMILES string of the molecule is CCC(C)C(N)C(=O)N(C)CC(C)C(=O)OC. The standard InChI is InChI=1S/C12H24N2O3/c1-6-8(2)10(13)11(15)14(4)7-9(3)12(16)17-5/h8-10H,6-7,13H2,1-5H3. The van der Waals surface area contributed by atoms with E-state index in [2.05, 4.69) is 4.74 Å². The zero-order chi connectivity index (χ0) is 13.6. The van der Waals surface area contributed by atoms with Crippen LogP contribution in [0.15, 0.2) is 0 Å². The third-order valence-corrected chi connectivity index (χ3v) is 3.07. The maximum absolute atomic E-state index is 11.9. The number of methoxy groups -OCH3 is 1. The Hall–Kier alpha value is -1.10. The van der Waals surface area contributed by atoms with E-state index in [1.54, 1.807) is 14.0 Å². The number of hydrogen-bond acceptors (Lipinski definition) is 4. The van der Waals surface area contributed by atoms with Gasteiger partial charge in [0.1, 0.15) is 0 Å². The fourth-order valence-electron chi connectivity index (χ4n) is 1.53. The Balaban J connectivity index is 4.36. The molecule has 0 fully saturated rings. The first-order valence-corrected chi connectivity index (χ1v) is 5.93. The summed E-state index contributed by atoms with van der Waals surface area (Å²) in [4.78, 5) is 24.7. The largest absolute Gasteiger partial charge is 0.469 e. The Labute approximate surface area is 103 Å².